The molecule has 3 N–H and O–H groups in total. The van der Waals surface area contributed by atoms with Gasteiger partial charge in [0.05, 0.1) is 6.10 Å². The maximum atomic E-state index is 11.9. The van der Waals surface area contributed by atoms with Crippen LogP contribution in [-0.4, -0.2) is 52.5 Å². The van der Waals surface area contributed by atoms with Gasteiger partial charge in [0.1, 0.15) is 6.61 Å². The van der Waals surface area contributed by atoms with Crippen LogP contribution in [0.1, 0.15) is 24.8 Å². The number of hydrogen-bond acceptors (Lipinski definition) is 4. The Balaban J connectivity index is 1.85. The lowest BCUT2D eigenvalue weighted by Gasteiger charge is -2.30. The number of aliphatic hydroxyl groups excluding tert-OH is 1. The number of benzene rings is 1. The number of hydrogen-bond donors (Lipinski definition) is 3. The average Bonchev–Trinajstić information content (AvgIpc) is 2.53. The van der Waals surface area contributed by atoms with Crippen molar-refractivity contribution in [2.45, 2.75) is 38.0 Å². The van der Waals surface area contributed by atoms with Crippen LogP contribution >= 0.6 is 0 Å². The monoisotopic (exact) mass is 322 g/mol. The maximum absolute atomic E-state index is 11.9. The molecule has 1 saturated heterocycles. The summed E-state index contributed by atoms with van der Waals surface area (Å²) in [6, 6.07) is 8.93. The molecule has 23 heavy (non-hydrogen) atoms. The third-order valence-corrected chi connectivity index (χ3v) is 3.83. The summed E-state index contributed by atoms with van der Waals surface area (Å²) in [7, 11) is 0. The summed E-state index contributed by atoms with van der Waals surface area (Å²) in [6.07, 6.45) is -0.746. The molecule has 1 aromatic carbocycles. The van der Waals surface area contributed by atoms with Gasteiger partial charge in [-0.3, -0.25) is 0 Å². The Kier molecular flexibility index (Phi) is 6.22. The second kappa shape index (κ2) is 8.38. The molecule has 1 fully saturated rings. The highest BCUT2D eigenvalue weighted by Gasteiger charge is 2.24. The molecule has 0 unspecified atom stereocenters. The van der Waals surface area contributed by atoms with Gasteiger partial charge in [0.15, 0.2) is 0 Å². The number of nitrogens with one attached hydrogen (secondary N) is 1. The summed E-state index contributed by atoms with van der Waals surface area (Å²) in [4.78, 5) is 24.3. The third-order valence-electron chi connectivity index (χ3n) is 3.83. The first-order valence-corrected chi connectivity index (χ1v) is 7.67. The number of alkyl carbamates (subject to hydrolysis) is 1. The van der Waals surface area contributed by atoms with Gasteiger partial charge in [0, 0.05) is 19.1 Å². The van der Waals surface area contributed by atoms with Gasteiger partial charge in [0.25, 0.3) is 0 Å². The van der Waals surface area contributed by atoms with E-state index in [2.05, 4.69) is 5.32 Å². The van der Waals surface area contributed by atoms with Crippen LogP contribution in [-0.2, 0) is 11.3 Å². The zero-order chi connectivity index (χ0) is 16.7. The third kappa shape index (κ3) is 5.78. The van der Waals surface area contributed by atoms with Crippen LogP contribution in [0.15, 0.2) is 30.3 Å². The lowest BCUT2D eigenvalue weighted by molar-refractivity contribution is 0.0884. The largest absolute Gasteiger partial charge is 0.465 e. The molecule has 126 valence electrons. The first-order chi connectivity index (χ1) is 11.0. The molecule has 7 heteroatoms. The van der Waals surface area contributed by atoms with Crippen LogP contribution < -0.4 is 5.32 Å². The van der Waals surface area contributed by atoms with Gasteiger partial charge < -0.3 is 25.2 Å². The second-order valence-corrected chi connectivity index (χ2v) is 5.65. The molecule has 2 atom stereocenters. The standard InChI is InChI=1S/C16H22N2O5/c19-14-7-6-13(10-18(9-8-14)16(21)22)17-15(20)23-11-12-4-2-1-3-5-12/h1-5,13-14,19H,6-11H2,(H,17,20)(H,21,22)/t13-,14+/m0/s1. The first-order valence-electron chi connectivity index (χ1n) is 7.67. The Morgan fingerprint density at radius 2 is 1.96 bits per heavy atom. The molecule has 0 aliphatic carbocycles. The van der Waals surface area contributed by atoms with E-state index < -0.39 is 18.3 Å². The zero-order valence-electron chi connectivity index (χ0n) is 12.9. The summed E-state index contributed by atoms with van der Waals surface area (Å²) >= 11 is 0. The predicted octanol–water partition coefficient (Wildman–Crippen LogP) is 1.81. The number of carbonyl (C=O) groups excluding carboxylic acids is 1. The average molecular weight is 322 g/mol. The molecule has 0 radical (unpaired) electrons. The summed E-state index contributed by atoms with van der Waals surface area (Å²) < 4.78 is 5.15. The lowest BCUT2D eigenvalue weighted by atomic mass is 10.0. The Labute approximate surface area is 134 Å². The SMILES string of the molecule is O=C(N[C@H]1CC[C@@H](O)CCN(C(=O)O)C1)OCc1ccccc1. The molecular weight excluding hydrogens is 300 g/mol. The molecule has 0 aromatic heterocycles. The van der Waals surface area contributed by atoms with Crippen molar-refractivity contribution in [3.05, 3.63) is 35.9 Å². The molecule has 1 heterocycles. The molecular formula is C16H22N2O5. The number of rotatable bonds is 3. The van der Waals surface area contributed by atoms with Crippen LogP contribution in [0, 0.1) is 0 Å². The van der Waals surface area contributed by atoms with E-state index in [1.165, 1.54) is 4.90 Å². The normalized spacial score (nSPS) is 21.9. The second-order valence-electron chi connectivity index (χ2n) is 5.65. The molecule has 0 bridgehead atoms. The molecule has 0 spiro atoms. The molecule has 1 aromatic rings. The lowest BCUT2D eigenvalue weighted by Crippen LogP contribution is -2.48. The van der Waals surface area contributed by atoms with Gasteiger partial charge >= 0.3 is 12.2 Å². The Morgan fingerprint density at radius 3 is 2.65 bits per heavy atom. The fraction of sp³-hybridized carbons (Fsp3) is 0.500. The summed E-state index contributed by atoms with van der Waals surface area (Å²) in [5, 5.41) is 21.6. The van der Waals surface area contributed by atoms with E-state index in [1.807, 2.05) is 30.3 Å². The number of carbonyl (C=O) groups is 2. The van der Waals surface area contributed by atoms with Crippen molar-refractivity contribution < 1.29 is 24.5 Å². The fourth-order valence-corrected chi connectivity index (χ4v) is 2.51. The van der Waals surface area contributed by atoms with E-state index >= 15 is 0 Å². The predicted molar refractivity (Wildman–Crippen MR) is 83.0 cm³/mol. The topological polar surface area (TPSA) is 99.1 Å². The van der Waals surface area contributed by atoms with Crippen molar-refractivity contribution in [1.82, 2.24) is 10.2 Å². The van der Waals surface area contributed by atoms with Crippen LogP contribution in [0.2, 0.25) is 0 Å². The fourth-order valence-electron chi connectivity index (χ4n) is 2.51. The van der Waals surface area contributed by atoms with Crippen molar-refractivity contribution in [3.8, 4) is 0 Å². The van der Waals surface area contributed by atoms with Crippen LogP contribution in [0.25, 0.3) is 0 Å². The van der Waals surface area contributed by atoms with Crippen molar-refractivity contribution in [1.29, 1.82) is 0 Å². The number of ether oxygens (including phenoxy) is 1. The highest BCUT2D eigenvalue weighted by molar-refractivity contribution is 5.68. The van der Waals surface area contributed by atoms with Crippen molar-refractivity contribution in [3.63, 3.8) is 0 Å². The van der Waals surface area contributed by atoms with E-state index in [0.717, 1.165) is 5.56 Å². The van der Waals surface area contributed by atoms with Gasteiger partial charge in [-0.15, -0.1) is 0 Å². The van der Waals surface area contributed by atoms with E-state index in [9.17, 15) is 14.7 Å². The van der Waals surface area contributed by atoms with E-state index in [4.69, 9.17) is 9.84 Å². The van der Waals surface area contributed by atoms with E-state index in [0.29, 0.717) is 19.3 Å². The summed E-state index contributed by atoms with van der Waals surface area (Å²) in [5.74, 6) is 0. The Hall–Kier alpha value is -2.28. The van der Waals surface area contributed by atoms with Crippen molar-refractivity contribution >= 4 is 12.2 Å². The number of amides is 2. The summed E-state index contributed by atoms with van der Waals surface area (Å²) in [6.45, 7) is 0.612. The highest BCUT2D eigenvalue weighted by Crippen LogP contribution is 2.13. The van der Waals surface area contributed by atoms with E-state index in [1.54, 1.807) is 0 Å². The van der Waals surface area contributed by atoms with Crippen molar-refractivity contribution in [2.75, 3.05) is 13.1 Å². The number of nitrogens with zero attached hydrogens (tertiary/aromatic N) is 1. The number of carboxylic acid groups (broad SMARTS) is 1. The summed E-state index contributed by atoms with van der Waals surface area (Å²) in [5.41, 5.74) is 0.878. The number of likely N-dealkylation sites (tertiary alicyclic amines) is 1. The van der Waals surface area contributed by atoms with Gasteiger partial charge in [-0.25, -0.2) is 9.59 Å². The maximum Gasteiger partial charge on any atom is 0.407 e. The minimum absolute atomic E-state index is 0.157. The molecule has 1 aliphatic heterocycles. The zero-order valence-corrected chi connectivity index (χ0v) is 12.9. The van der Waals surface area contributed by atoms with Crippen LogP contribution in [0.5, 0.6) is 0 Å². The smallest absolute Gasteiger partial charge is 0.407 e. The van der Waals surface area contributed by atoms with Gasteiger partial charge in [-0.2, -0.15) is 0 Å². The Bertz CT molecular complexity index is 522. The highest BCUT2D eigenvalue weighted by atomic mass is 16.5. The van der Waals surface area contributed by atoms with Crippen molar-refractivity contribution in [2.24, 2.45) is 0 Å². The minimum Gasteiger partial charge on any atom is -0.465 e. The molecule has 2 rings (SSSR count). The quantitative estimate of drug-likeness (QED) is 0.788. The first kappa shape index (κ1) is 17.1. The number of aliphatic hydroxyl groups is 1. The Morgan fingerprint density at radius 1 is 1.22 bits per heavy atom. The molecule has 0 saturated carbocycles. The molecule has 7 nitrogen and oxygen atoms in total. The van der Waals surface area contributed by atoms with Gasteiger partial charge in [-0.05, 0) is 24.8 Å². The van der Waals surface area contributed by atoms with Gasteiger partial charge in [-0.1, -0.05) is 30.3 Å². The molecule has 2 amide bonds. The van der Waals surface area contributed by atoms with E-state index in [-0.39, 0.29) is 25.7 Å². The van der Waals surface area contributed by atoms with Crippen LogP contribution in [0.3, 0.4) is 0 Å². The van der Waals surface area contributed by atoms with Crippen LogP contribution in [0.4, 0.5) is 9.59 Å². The minimum atomic E-state index is -1.05. The van der Waals surface area contributed by atoms with Gasteiger partial charge in [0.2, 0.25) is 0 Å². The molecule has 1 aliphatic rings.